The summed E-state index contributed by atoms with van der Waals surface area (Å²) in [7, 11) is -4.60. The summed E-state index contributed by atoms with van der Waals surface area (Å²) in [6.45, 7) is 5.66. The van der Waals surface area contributed by atoms with Crippen molar-refractivity contribution in [3.63, 3.8) is 0 Å². The van der Waals surface area contributed by atoms with Crippen molar-refractivity contribution in [2.45, 2.75) is 25.7 Å². The van der Waals surface area contributed by atoms with Crippen LogP contribution in [0, 0.1) is 20.8 Å². The second-order valence-electron chi connectivity index (χ2n) is 6.12. The smallest absolute Gasteiger partial charge is 0.296 e. The predicted octanol–water partition coefficient (Wildman–Crippen LogP) is 5.13. The summed E-state index contributed by atoms with van der Waals surface area (Å²) in [5.74, 6) is -0.324. The van der Waals surface area contributed by atoms with Crippen LogP contribution in [0.15, 0.2) is 57.6 Å². The number of aryl methyl sites for hydroxylation is 2. The lowest BCUT2D eigenvalue weighted by atomic mass is 9.95. The molecule has 6 nitrogen and oxygen atoms in total. The highest BCUT2D eigenvalue weighted by Crippen LogP contribution is 2.43. The second-order valence-corrected chi connectivity index (χ2v) is 7.51. The third-order valence-corrected chi connectivity index (χ3v) is 5.34. The largest absolute Gasteiger partial charge is 0.505 e. The molecule has 0 aliphatic heterocycles. The fraction of sp³-hybridized carbons (Fsp3) is 0.158. The van der Waals surface area contributed by atoms with Crippen molar-refractivity contribution in [2.24, 2.45) is 10.2 Å². The third kappa shape index (κ3) is 3.18. The van der Waals surface area contributed by atoms with E-state index in [9.17, 15) is 18.1 Å². The molecule has 7 heteroatoms. The van der Waals surface area contributed by atoms with Gasteiger partial charge >= 0.3 is 0 Å². The first kappa shape index (κ1) is 18.0. The summed E-state index contributed by atoms with van der Waals surface area (Å²) in [6, 6.07) is 11.8. The van der Waals surface area contributed by atoms with Gasteiger partial charge in [-0.2, -0.15) is 13.5 Å². The van der Waals surface area contributed by atoms with Gasteiger partial charge in [0.15, 0.2) is 5.75 Å². The first-order valence-corrected chi connectivity index (χ1v) is 9.35. The monoisotopic (exact) mass is 370 g/mol. The standard InChI is InChI=1S/C19H18N2O4S/c1-11-9-14-10-16(26(23,24)25)18(19(22)17(14)13(3)12(11)2)21-20-15-7-5-4-6-8-15/h4-10,22H,1-3H3,(H,23,24,25). The van der Waals surface area contributed by atoms with Gasteiger partial charge in [-0.25, -0.2) is 0 Å². The number of benzene rings is 3. The summed E-state index contributed by atoms with van der Waals surface area (Å²) in [5, 5.41) is 19.6. The van der Waals surface area contributed by atoms with Gasteiger partial charge in [0, 0.05) is 5.39 Å². The SMILES string of the molecule is Cc1cc2cc(S(=O)(=O)O)c(N=Nc3ccccc3)c(O)c2c(C)c1C. The van der Waals surface area contributed by atoms with E-state index in [4.69, 9.17) is 0 Å². The van der Waals surface area contributed by atoms with E-state index in [1.165, 1.54) is 6.07 Å². The molecular weight excluding hydrogens is 352 g/mol. The Bertz CT molecular complexity index is 1140. The molecule has 0 spiro atoms. The second kappa shape index (κ2) is 6.51. The van der Waals surface area contributed by atoms with Gasteiger partial charge in [-0.05, 0) is 61.0 Å². The van der Waals surface area contributed by atoms with Gasteiger partial charge in [-0.3, -0.25) is 4.55 Å². The van der Waals surface area contributed by atoms with Crippen molar-refractivity contribution in [2.75, 3.05) is 0 Å². The van der Waals surface area contributed by atoms with Gasteiger partial charge in [-0.15, -0.1) is 5.11 Å². The Morgan fingerprint density at radius 2 is 1.58 bits per heavy atom. The maximum absolute atomic E-state index is 11.8. The minimum absolute atomic E-state index is 0.282. The van der Waals surface area contributed by atoms with Crippen LogP contribution in [-0.2, 0) is 10.1 Å². The van der Waals surface area contributed by atoms with E-state index in [1.807, 2.05) is 26.8 Å². The van der Waals surface area contributed by atoms with E-state index < -0.39 is 15.0 Å². The Balaban J connectivity index is 2.36. The lowest BCUT2D eigenvalue weighted by Crippen LogP contribution is -2.00. The molecule has 26 heavy (non-hydrogen) atoms. The minimum Gasteiger partial charge on any atom is -0.505 e. The molecule has 0 radical (unpaired) electrons. The summed E-state index contributed by atoms with van der Waals surface area (Å²) in [4.78, 5) is -0.482. The molecule has 0 amide bonds. The van der Waals surface area contributed by atoms with E-state index in [1.54, 1.807) is 30.3 Å². The molecule has 0 bridgehead atoms. The molecule has 2 N–H and O–H groups in total. The molecule has 0 aliphatic carbocycles. The molecule has 0 saturated heterocycles. The fourth-order valence-corrected chi connectivity index (χ4v) is 3.54. The maximum atomic E-state index is 11.8. The van der Waals surface area contributed by atoms with Crippen molar-refractivity contribution < 1.29 is 18.1 Å². The van der Waals surface area contributed by atoms with E-state index in [-0.39, 0.29) is 11.4 Å². The van der Waals surface area contributed by atoms with Crippen molar-refractivity contribution in [1.82, 2.24) is 0 Å². The summed E-state index contributed by atoms with van der Waals surface area (Å²) < 4.78 is 33.3. The van der Waals surface area contributed by atoms with Crippen molar-refractivity contribution >= 4 is 32.3 Å². The summed E-state index contributed by atoms with van der Waals surface area (Å²) >= 11 is 0. The summed E-state index contributed by atoms with van der Waals surface area (Å²) in [6.07, 6.45) is 0. The maximum Gasteiger partial charge on any atom is 0.296 e. The topological polar surface area (TPSA) is 99.3 Å². The zero-order valence-electron chi connectivity index (χ0n) is 14.6. The molecule has 0 heterocycles. The lowest BCUT2D eigenvalue weighted by Gasteiger charge is -2.14. The minimum atomic E-state index is -4.60. The molecule has 0 aromatic heterocycles. The molecule has 0 saturated carbocycles. The molecule has 0 unspecified atom stereocenters. The molecule has 0 fully saturated rings. The first-order valence-electron chi connectivity index (χ1n) is 7.91. The molecule has 0 aliphatic rings. The molecular formula is C19H18N2O4S. The number of hydrogen-bond acceptors (Lipinski definition) is 5. The first-order chi connectivity index (χ1) is 12.2. The Morgan fingerprint density at radius 1 is 0.923 bits per heavy atom. The van der Waals surface area contributed by atoms with Gasteiger partial charge < -0.3 is 5.11 Å². The van der Waals surface area contributed by atoms with Gasteiger partial charge in [0.1, 0.15) is 10.6 Å². The highest BCUT2D eigenvalue weighted by molar-refractivity contribution is 7.86. The molecule has 134 valence electrons. The lowest BCUT2D eigenvalue weighted by molar-refractivity contribution is 0.472. The molecule has 3 aromatic carbocycles. The van der Waals surface area contributed by atoms with Crippen LogP contribution in [0.1, 0.15) is 16.7 Å². The predicted molar refractivity (Wildman–Crippen MR) is 100 cm³/mol. The van der Waals surface area contributed by atoms with E-state index >= 15 is 0 Å². The van der Waals surface area contributed by atoms with Crippen LogP contribution >= 0.6 is 0 Å². The van der Waals surface area contributed by atoms with E-state index in [2.05, 4.69) is 10.2 Å². The zero-order chi connectivity index (χ0) is 19.1. The number of phenolic OH excluding ortho intramolecular Hbond substituents is 1. The third-order valence-electron chi connectivity index (χ3n) is 4.47. The number of fused-ring (bicyclic) bond motifs is 1. The van der Waals surface area contributed by atoms with Crippen LogP contribution in [0.4, 0.5) is 11.4 Å². The zero-order valence-corrected chi connectivity index (χ0v) is 15.4. The van der Waals surface area contributed by atoms with Gasteiger partial charge in [-0.1, -0.05) is 24.3 Å². The van der Waals surface area contributed by atoms with Gasteiger partial charge in [0.25, 0.3) is 10.1 Å². The quantitative estimate of drug-likeness (QED) is 0.493. The highest BCUT2D eigenvalue weighted by atomic mass is 32.2. The van der Waals surface area contributed by atoms with Crippen LogP contribution in [0.5, 0.6) is 5.75 Å². The average Bonchev–Trinajstić information content (AvgIpc) is 2.58. The summed E-state index contributed by atoms with van der Waals surface area (Å²) in [5.41, 5.74) is 2.96. The highest BCUT2D eigenvalue weighted by Gasteiger charge is 2.23. The van der Waals surface area contributed by atoms with Crippen LogP contribution < -0.4 is 0 Å². The van der Waals surface area contributed by atoms with Crippen LogP contribution in [-0.4, -0.2) is 18.1 Å². The number of aromatic hydroxyl groups is 1. The van der Waals surface area contributed by atoms with Gasteiger partial charge in [0.05, 0.1) is 5.69 Å². The Morgan fingerprint density at radius 3 is 2.19 bits per heavy atom. The van der Waals surface area contributed by atoms with Crippen molar-refractivity contribution in [1.29, 1.82) is 0 Å². The van der Waals surface area contributed by atoms with Crippen molar-refractivity contribution in [3.05, 3.63) is 59.2 Å². The number of azo groups is 1. The van der Waals surface area contributed by atoms with Crippen molar-refractivity contribution in [3.8, 4) is 5.75 Å². The Hall–Kier alpha value is -2.77. The van der Waals surface area contributed by atoms with Crippen LogP contribution in [0.25, 0.3) is 10.8 Å². The number of hydrogen-bond donors (Lipinski definition) is 2. The van der Waals surface area contributed by atoms with E-state index in [0.29, 0.717) is 16.5 Å². The number of nitrogens with zero attached hydrogens (tertiary/aromatic N) is 2. The van der Waals surface area contributed by atoms with Gasteiger partial charge in [0.2, 0.25) is 0 Å². The van der Waals surface area contributed by atoms with E-state index in [0.717, 1.165) is 16.7 Å². The van der Waals surface area contributed by atoms with Crippen LogP contribution in [0.2, 0.25) is 0 Å². The Labute approximate surface area is 151 Å². The fourth-order valence-electron chi connectivity index (χ4n) is 2.88. The number of rotatable bonds is 3. The Kier molecular flexibility index (Phi) is 4.52. The van der Waals surface area contributed by atoms with Crippen LogP contribution in [0.3, 0.4) is 0 Å². The molecule has 3 aromatic rings. The normalized spacial score (nSPS) is 12.2. The number of phenols is 1. The molecule has 3 rings (SSSR count). The average molecular weight is 370 g/mol. The molecule has 0 atom stereocenters.